The van der Waals surface area contributed by atoms with Crippen LogP contribution in [-0.2, 0) is 20.8 Å². The molecule has 0 amide bonds. The summed E-state index contributed by atoms with van der Waals surface area (Å²) in [6.45, 7) is 10.4. The van der Waals surface area contributed by atoms with Crippen LogP contribution >= 0.6 is 0 Å². The van der Waals surface area contributed by atoms with Crippen molar-refractivity contribution in [3.63, 3.8) is 0 Å². The zero-order chi connectivity index (χ0) is 22.8. The van der Waals surface area contributed by atoms with Gasteiger partial charge in [-0.1, -0.05) is 0 Å². The van der Waals surface area contributed by atoms with Gasteiger partial charge in [0.2, 0.25) is 0 Å². The first-order valence-electron chi connectivity index (χ1n) is 11.7. The zero-order valence-corrected chi connectivity index (χ0v) is 19.7. The molecule has 4 fully saturated rings. The molecule has 2 saturated carbocycles. The maximum Gasteiger partial charge on any atom is 0.340 e. The molecule has 1 aromatic heterocycles. The number of benzene rings is 1. The minimum atomic E-state index is -0.440. The van der Waals surface area contributed by atoms with Crippen molar-refractivity contribution in [2.75, 3.05) is 25.1 Å². The smallest absolute Gasteiger partial charge is 0.340 e. The predicted molar refractivity (Wildman–Crippen MR) is 122 cm³/mol. The van der Waals surface area contributed by atoms with Crippen LogP contribution in [0.15, 0.2) is 18.3 Å². The van der Waals surface area contributed by atoms with E-state index in [0.29, 0.717) is 28.8 Å². The quantitative estimate of drug-likeness (QED) is 0.670. The summed E-state index contributed by atoms with van der Waals surface area (Å²) in [5.74, 6) is 1.02. The Hall–Kier alpha value is -2.57. The second-order valence-electron chi connectivity index (χ2n) is 10.7. The van der Waals surface area contributed by atoms with Gasteiger partial charge in [-0.15, -0.1) is 0 Å². The molecule has 7 heteroatoms. The fourth-order valence-corrected chi connectivity index (χ4v) is 6.33. The Balaban J connectivity index is 1.43. The van der Waals surface area contributed by atoms with Crippen LogP contribution < -0.4 is 4.90 Å². The molecule has 0 spiro atoms. The van der Waals surface area contributed by atoms with Crippen LogP contribution in [0.5, 0.6) is 0 Å². The lowest BCUT2D eigenvalue weighted by atomic mass is 9.88. The van der Waals surface area contributed by atoms with E-state index in [0.717, 1.165) is 50.0 Å². The average Bonchev–Trinajstić information content (AvgIpc) is 3.07. The number of ether oxygens (including phenoxy) is 2. The molecule has 2 saturated heterocycles. The highest BCUT2D eigenvalue weighted by Gasteiger charge is 2.74. The third-order valence-electron chi connectivity index (χ3n) is 7.65. The Kier molecular flexibility index (Phi) is 4.80. The van der Waals surface area contributed by atoms with Crippen LogP contribution in [-0.4, -0.2) is 47.5 Å². The van der Waals surface area contributed by atoms with Crippen LogP contribution in [0.2, 0.25) is 0 Å². The zero-order valence-electron chi connectivity index (χ0n) is 19.7. The SMILES string of the molecule is CCn1cc2c(N3CCC4[C@@H]5C[C@H](C3)C[C@]45C(=O)OC(C)(C)C)ccc(C(=O)OC)c2n1. The van der Waals surface area contributed by atoms with Crippen LogP contribution in [0.1, 0.15) is 57.3 Å². The Morgan fingerprint density at radius 3 is 2.72 bits per heavy atom. The highest BCUT2D eigenvalue weighted by atomic mass is 16.6. The van der Waals surface area contributed by atoms with Gasteiger partial charge < -0.3 is 14.4 Å². The van der Waals surface area contributed by atoms with E-state index in [2.05, 4.69) is 10.00 Å². The standard InChI is InChI=1S/C25H33N3O4/c1-6-28-14-17-20(8-7-16(21(17)26-28)22(29)31-5)27-10-9-18-19-11-15(13-27)12-25(18,19)23(30)32-24(2,3)4/h7-8,14-15,18-19H,6,9-13H2,1-5H3/t15-,18?,19-,25-/m0/s1. The average molecular weight is 440 g/mol. The first-order chi connectivity index (χ1) is 15.2. The third kappa shape index (κ3) is 3.20. The maximum atomic E-state index is 13.1. The number of esters is 2. The molecule has 1 unspecified atom stereocenters. The summed E-state index contributed by atoms with van der Waals surface area (Å²) in [6.07, 6.45) is 5.03. The van der Waals surface area contributed by atoms with Crippen LogP contribution in [0.25, 0.3) is 10.9 Å². The molecule has 7 nitrogen and oxygen atoms in total. The van der Waals surface area contributed by atoms with E-state index in [1.54, 1.807) is 0 Å². The van der Waals surface area contributed by atoms with Crippen molar-refractivity contribution in [3.05, 3.63) is 23.9 Å². The molecule has 0 radical (unpaired) electrons. The van der Waals surface area contributed by atoms with Crippen molar-refractivity contribution in [1.82, 2.24) is 9.78 Å². The molecular formula is C25H33N3O4. The summed E-state index contributed by atoms with van der Waals surface area (Å²) in [5, 5.41) is 5.63. The minimum Gasteiger partial charge on any atom is -0.465 e. The summed E-state index contributed by atoms with van der Waals surface area (Å²) in [6, 6.07) is 3.86. The Morgan fingerprint density at radius 2 is 2.03 bits per heavy atom. The molecular weight excluding hydrogens is 406 g/mol. The molecule has 4 atom stereocenters. The van der Waals surface area contributed by atoms with E-state index in [1.807, 2.05) is 50.7 Å². The summed E-state index contributed by atoms with van der Waals surface area (Å²) < 4.78 is 12.7. The van der Waals surface area contributed by atoms with Gasteiger partial charge in [-0.3, -0.25) is 9.48 Å². The normalized spacial score (nSPS) is 28.9. The summed E-state index contributed by atoms with van der Waals surface area (Å²) in [7, 11) is 1.40. The predicted octanol–water partition coefficient (Wildman–Crippen LogP) is 4.04. The molecule has 32 heavy (non-hydrogen) atoms. The fourth-order valence-electron chi connectivity index (χ4n) is 6.33. The van der Waals surface area contributed by atoms with Gasteiger partial charge >= 0.3 is 11.9 Å². The summed E-state index contributed by atoms with van der Waals surface area (Å²) in [4.78, 5) is 27.8. The van der Waals surface area contributed by atoms with Gasteiger partial charge in [0, 0.05) is 36.9 Å². The molecule has 4 bridgehead atoms. The highest BCUT2D eigenvalue weighted by molar-refractivity contribution is 6.06. The summed E-state index contributed by atoms with van der Waals surface area (Å²) in [5.41, 5.74) is 1.62. The van der Waals surface area contributed by atoms with Crippen molar-refractivity contribution in [1.29, 1.82) is 0 Å². The Bertz CT molecular complexity index is 1080. The highest BCUT2D eigenvalue weighted by Crippen LogP contribution is 2.72. The lowest BCUT2D eigenvalue weighted by molar-refractivity contribution is -0.163. The molecule has 3 heterocycles. The van der Waals surface area contributed by atoms with E-state index in [9.17, 15) is 9.59 Å². The summed E-state index contributed by atoms with van der Waals surface area (Å²) >= 11 is 0. The number of carbonyl (C=O) groups excluding carboxylic acids is 2. The molecule has 2 aromatic rings. The Morgan fingerprint density at radius 1 is 1.25 bits per heavy atom. The van der Waals surface area contributed by atoms with Gasteiger partial charge in [0.05, 0.1) is 18.1 Å². The van der Waals surface area contributed by atoms with Gasteiger partial charge in [-0.2, -0.15) is 5.10 Å². The maximum absolute atomic E-state index is 13.1. The van der Waals surface area contributed by atoms with E-state index in [1.165, 1.54) is 7.11 Å². The van der Waals surface area contributed by atoms with Gasteiger partial charge in [0.15, 0.2) is 0 Å². The first-order valence-corrected chi connectivity index (χ1v) is 11.7. The molecule has 0 N–H and O–H groups in total. The molecule has 2 aliphatic heterocycles. The molecule has 4 aliphatic rings. The lowest BCUT2D eigenvalue weighted by Gasteiger charge is -2.34. The number of aromatic nitrogens is 2. The van der Waals surface area contributed by atoms with E-state index in [-0.39, 0.29) is 17.4 Å². The lowest BCUT2D eigenvalue weighted by Crippen LogP contribution is -2.37. The number of hydrogen-bond acceptors (Lipinski definition) is 6. The van der Waals surface area contributed by atoms with Crippen molar-refractivity contribution in [2.24, 2.45) is 23.2 Å². The van der Waals surface area contributed by atoms with E-state index >= 15 is 0 Å². The number of methoxy groups -OCH3 is 1. The number of nitrogens with zero attached hydrogens (tertiary/aromatic N) is 3. The first kappa shape index (κ1) is 21.3. The second-order valence-corrected chi connectivity index (χ2v) is 10.7. The van der Waals surface area contributed by atoms with Crippen molar-refractivity contribution in [2.45, 2.75) is 59.1 Å². The molecule has 2 aliphatic carbocycles. The largest absolute Gasteiger partial charge is 0.465 e. The topological polar surface area (TPSA) is 73.7 Å². The van der Waals surface area contributed by atoms with E-state index in [4.69, 9.17) is 9.47 Å². The monoisotopic (exact) mass is 439 g/mol. The number of fused-ring (bicyclic) bond motifs is 4. The van der Waals surface area contributed by atoms with Gasteiger partial charge in [0.25, 0.3) is 0 Å². The van der Waals surface area contributed by atoms with E-state index < -0.39 is 5.60 Å². The fraction of sp³-hybridized carbons (Fsp3) is 0.640. The molecule has 6 rings (SSSR count). The van der Waals surface area contributed by atoms with Crippen LogP contribution in [0.3, 0.4) is 0 Å². The van der Waals surface area contributed by atoms with Crippen LogP contribution in [0, 0.1) is 23.2 Å². The minimum absolute atomic E-state index is 0.0185. The van der Waals surface area contributed by atoms with Crippen molar-refractivity contribution >= 4 is 28.5 Å². The van der Waals surface area contributed by atoms with Crippen molar-refractivity contribution < 1.29 is 19.1 Å². The van der Waals surface area contributed by atoms with Gasteiger partial charge in [0.1, 0.15) is 11.1 Å². The number of rotatable bonds is 4. The van der Waals surface area contributed by atoms with Gasteiger partial charge in [-0.25, -0.2) is 4.79 Å². The van der Waals surface area contributed by atoms with Crippen LogP contribution in [0.4, 0.5) is 5.69 Å². The number of carbonyl (C=O) groups is 2. The second kappa shape index (κ2) is 7.22. The van der Waals surface area contributed by atoms with Gasteiger partial charge in [-0.05, 0) is 76.8 Å². The molecule has 1 aromatic carbocycles. The third-order valence-corrected chi connectivity index (χ3v) is 7.65. The number of hydrogen-bond donors (Lipinski definition) is 0. The Labute approximate surface area is 189 Å². The molecule has 172 valence electrons. The van der Waals surface area contributed by atoms with Crippen molar-refractivity contribution in [3.8, 4) is 0 Å². The number of aryl methyl sites for hydroxylation is 1. The number of anilines is 1.